The number of hydrogen-bond acceptors (Lipinski definition) is 4. The van der Waals surface area contributed by atoms with Crippen LogP contribution in [0.25, 0.3) is 0 Å². The normalized spacial score (nSPS) is 25.9. The highest BCUT2D eigenvalue weighted by atomic mass is 16.5. The summed E-state index contributed by atoms with van der Waals surface area (Å²) in [5.41, 5.74) is 5.38. The highest BCUT2D eigenvalue weighted by Gasteiger charge is 2.08. The first kappa shape index (κ1) is 6.22. The third-order valence-electron chi connectivity index (χ3n) is 1.11. The van der Waals surface area contributed by atoms with Gasteiger partial charge in [0.05, 0.1) is 6.42 Å². The lowest BCUT2D eigenvalue weighted by molar-refractivity contribution is 0.116. The van der Waals surface area contributed by atoms with Crippen molar-refractivity contribution in [3.63, 3.8) is 0 Å². The molecule has 0 radical (unpaired) electrons. The molecule has 2 N–H and O–H groups in total. The number of amidine groups is 1. The van der Waals surface area contributed by atoms with E-state index >= 15 is 0 Å². The van der Waals surface area contributed by atoms with Crippen molar-refractivity contribution < 1.29 is 4.74 Å². The van der Waals surface area contributed by atoms with Crippen molar-refractivity contribution in [1.29, 1.82) is 0 Å². The first-order valence-electron chi connectivity index (χ1n) is 2.69. The Bertz CT molecular complexity index is 152. The number of hydrogen-bond donors (Lipinski definition) is 1. The number of methoxy groups -OCH3 is 1. The average Bonchev–Trinajstić information content (AvgIpc) is 1.88. The van der Waals surface area contributed by atoms with Gasteiger partial charge in [0.1, 0.15) is 12.2 Å². The lowest BCUT2D eigenvalue weighted by Gasteiger charge is -2.11. The molecule has 1 rings (SSSR count). The minimum absolute atomic E-state index is 0.123. The van der Waals surface area contributed by atoms with Crippen LogP contribution in [-0.2, 0) is 4.74 Å². The van der Waals surface area contributed by atoms with Crippen molar-refractivity contribution in [3.05, 3.63) is 0 Å². The minimum Gasteiger partial charge on any atom is -0.387 e. The van der Waals surface area contributed by atoms with Crippen molar-refractivity contribution in [3.8, 4) is 0 Å². The van der Waals surface area contributed by atoms with E-state index in [1.54, 1.807) is 7.11 Å². The molecule has 0 aromatic carbocycles. The van der Waals surface area contributed by atoms with Gasteiger partial charge in [0.25, 0.3) is 0 Å². The Labute approximate surface area is 53.4 Å². The zero-order valence-electron chi connectivity index (χ0n) is 5.24. The van der Waals surface area contributed by atoms with Crippen LogP contribution in [0.2, 0.25) is 0 Å². The van der Waals surface area contributed by atoms with E-state index in [1.165, 1.54) is 6.34 Å². The maximum Gasteiger partial charge on any atom is 0.156 e. The molecule has 1 aliphatic heterocycles. The van der Waals surface area contributed by atoms with E-state index in [0.717, 1.165) is 0 Å². The van der Waals surface area contributed by atoms with Gasteiger partial charge < -0.3 is 10.5 Å². The molecule has 0 amide bonds. The second-order valence-electron chi connectivity index (χ2n) is 1.78. The molecule has 4 heteroatoms. The van der Waals surface area contributed by atoms with E-state index in [1.807, 2.05) is 0 Å². The first-order valence-corrected chi connectivity index (χ1v) is 2.69. The quantitative estimate of drug-likeness (QED) is 0.528. The summed E-state index contributed by atoms with van der Waals surface area (Å²) >= 11 is 0. The van der Waals surface area contributed by atoms with Gasteiger partial charge in [-0.2, -0.15) is 0 Å². The fraction of sp³-hybridized carbons (Fsp3) is 0.600. The smallest absolute Gasteiger partial charge is 0.156 e. The lowest BCUT2D eigenvalue weighted by Crippen LogP contribution is -2.23. The summed E-state index contributed by atoms with van der Waals surface area (Å²) in [5.74, 6) is 0.580. The van der Waals surface area contributed by atoms with Crippen LogP contribution in [0.15, 0.2) is 9.98 Å². The fourth-order valence-corrected chi connectivity index (χ4v) is 0.610. The van der Waals surface area contributed by atoms with Gasteiger partial charge in [0.2, 0.25) is 0 Å². The summed E-state index contributed by atoms with van der Waals surface area (Å²) in [6, 6.07) is 0. The highest BCUT2D eigenvalue weighted by molar-refractivity contribution is 5.89. The molecule has 0 saturated carbocycles. The van der Waals surface area contributed by atoms with Gasteiger partial charge >= 0.3 is 0 Å². The Balaban J connectivity index is 2.51. The van der Waals surface area contributed by atoms with E-state index < -0.39 is 0 Å². The van der Waals surface area contributed by atoms with Crippen LogP contribution in [0.1, 0.15) is 6.42 Å². The summed E-state index contributed by atoms with van der Waals surface area (Å²) in [4.78, 5) is 7.63. The first-order chi connectivity index (χ1) is 4.33. The van der Waals surface area contributed by atoms with Crippen molar-refractivity contribution in [2.75, 3.05) is 7.11 Å². The van der Waals surface area contributed by atoms with Crippen molar-refractivity contribution in [2.24, 2.45) is 15.7 Å². The molecule has 4 nitrogen and oxygen atoms in total. The van der Waals surface area contributed by atoms with Crippen LogP contribution in [0.5, 0.6) is 0 Å². The largest absolute Gasteiger partial charge is 0.387 e. The Hall–Kier alpha value is -0.900. The van der Waals surface area contributed by atoms with Gasteiger partial charge in [-0.3, -0.25) is 0 Å². The number of nitrogens with two attached hydrogens (primary N) is 1. The summed E-state index contributed by atoms with van der Waals surface area (Å²) in [5, 5.41) is 0. The predicted octanol–water partition coefficient (Wildman–Crippen LogP) is -0.252. The number of aliphatic imine (C=N–C) groups is 2. The molecule has 0 aliphatic carbocycles. The highest BCUT2D eigenvalue weighted by Crippen LogP contribution is 2.01. The van der Waals surface area contributed by atoms with E-state index in [4.69, 9.17) is 10.5 Å². The van der Waals surface area contributed by atoms with Crippen LogP contribution >= 0.6 is 0 Å². The maximum absolute atomic E-state index is 5.38. The third-order valence-corrected chi connectivity index (χ3v) is 1.11. The standard InChI is InChI=1S/C5H9N3O/c1-9-5-2-4(6)7-3-8-5/h3,5H,2H2,1H3,(H2,6,7,8). The molecule has 0 bridgehead atoms. The lowest BCUT2D eigenvalue weighted by atomic mass is 10.3. The van der Waals surface area contributed by atoms with Crippen molar-refractivity contribution >= 4 is 12.2 Å². The molecule has 1 heterocycles. The van der Waals surface area contributed by atoms with Gasteiger partial charge in [0.15, 0.2) is 6.23 Å². The Morgan fingerprint density at radius 2 is 2.67 bits per heavy atom. The molecule has 1 unspecified atom stereocenters. The second-order valence-corrected chi connectivity index (χ2v) is 1.78. The average molecular weight is 127 g/mol. The second kappa shape index (κ2) is 2.59. The molecule has 0 aromatic rings. The van der Waals surface area contributed by atoms with Crippen molar-refractivity contribution in [2.45, 2.75) is 12.6 Å². The Morgan fingerprint density at radius 3 is 3.11 bits per heavy atom. The van der Waals surface area contributed by atoms with E-state index in [0.29, 0.717) is 12.3 Å². The molecule has 0 aromatic heterocycles. The molecule has 1 aliphatic rings. The van der Waals surface area contributed by atoms with Gasteiger partial charge in [-0.25, -0.2) is 9.98 Å². The Kier molecular flexibility index (Phi) is 1.79. The van der Waals surface area contributed by atoms with Gasteiger partial charge in [-0.05, 0) is 0 Å². The van der Waals surface area contributed by atoms with Crippen LogP contribution in [0, 0.1) is 0 Å². The van der Waals surface area contributed by atoms with Crippen molar-refractivity contribution in [1.82, 2.24) is 0 Å². The molecule has 9 heavy (non-hydrogen) atoms. The molecular weight excluding hydrogens is 118 g/mol. The van der Waals surface area contributed by atoms with Gasteiger partial charge in [-0.1, -0.05) is 0 Å². The monoisotopic (exact) mass is 127 g/mol. The molecule has 0 fully saturated rings. The SMILES string of the molecule is COC1CC(N)=NC=N1. The topological polar surface area (TPSA) is 60.0 Å². The zero-order chi connectivity index (χ0) is 6.69. The number of rotatable bonds is 1. The van der Waals surface area contributed by atoms with Crippen LogP contribution < -0.4 is 5.73 Å². The summed E-state index contributed by atoms with van der Waals surface area (Å²) < 4.78 is 4.90. The van der Waals surface area contributed by atoms with Gasteiger partial charge in [-0.15, -0.1) is 0 Å². The predicted molar refractivity (Wildman–Crippen MR) is 35.5 cm³/mol. The molecule has 0 saturated heterocycles. The van der Waals surface area contributed by atoms with Crippen LogP contribution in [-0.4, -0.2) is 25.5 Å². The molecule has 1 atom stereocenters. The molecule has 50 valence electrons. The zero-order valence-corrected chi connectivity index (χ0v) is 5.24. The summed E-state index contributed by atoms with van der Waals surface area (Å²) in [6.45, 7) is 0. The maximum atomic E-state index is 5.38. The number of ether oxygens (including phenoxy) is 1. The van der Waals surface area contributed by atoms with E-state index in [-0.39, 0.29) is 6.23 Å². The fourth-order valence-electron chi connectivity index (χ4n) is 0.610. The third kappa shape index (κ3) is 1.50. The summed E-state index contributed by atoms with van der Waals surface area (Å²) in [7, 11) is 1.60. The Morgan fingerprint density at radius 1 is 1.89 bits per heavy atom. The van der Waals surface area contributed by atoms with E-state index in [2.05, 4.69) is 9.98 Å². The van der Waals surface area contributed by atoms with E-state index in [9.17, 15) is 0 Å². The number of nitrogens with zero attached hydrogens (tertiary/aromatic N) is 2. The van der Waals surface area contributed by atoms with Crippen LogP contribution in [0.4, 0.5) is 0 Å². The minimum atomic E-state index is -0.123. The van der Waals surface area contributed by atoms with Gasteiger partial charge in [0, 0.05) is 7.11 Å². The molecular formula is C5H9N3O. The molecule has 0 spiro atoms. The van der Waals surface area contributed by atoms with Crippen LogP contribution in [0.3, 0.4) is 0 Å². The summed E-state index contributed by atoms with van der Waals surface area (Å²) in [6.07, 6.45) is 1.91.